The molecule has 0 saturated heterocycles. The molecule has 0 N–H and O–H groups in total. The van der Waals surface area contributed by atoms with Crippen molar-refractivity contribution in [1.29, 1.82) is 0 Å². The Labute approximate surface area is 221 Å². The van der Waals surface area contributed by atoms with Crippen LogP contribution in [0.2, 0.25) is 0 Å². The van der Waals surface area contributed by atoms with E-state index in [2.05, 4.69) is 144 Å². The molecule has 0 aliphatic rings. The monoisotopic (exact) mass is 502 g/mol. The van der Waals surface area contributed by atoms with Crippen molar-refractivity contribution in [1.82, 2.24) is 9.38 Å². The van der Waals surface area contributed by atoms with Gasteiger partial charge in [-0.2, -0.15) is 0 Å². The maximum absolute atomic E-state index is 5.22. The predicted molar refractivity (Wildman–Crippen MR) is 164 cm³/mol. The first-order chi connectivity index (χ1) is 18.9. The van der Waals surface area contributed by atoms with Crippen molar-refractivity contribution >= 4 is 73.0 Å². The first-order valence-corrected chi connectivity index (χ1v) is 14.3. The molecule has 0 aliphatic carbocycles. The molecule has 0 amide bonds. The normalized spacial score (nSPS) is 11.9. The largest absolute Gasteiger partial charge is 0.291 e. The van der Waals surface area contributed by atoms with Crippen LogP contribution in [0.3, 0.4) is 0 Å². The number of rotatable bonds is 3. The molecule has 2 heterocycles. The van der Waals surface area contributed by atoms with E-state index in [9.17, 15) is 0 Å². The van der Waals surface area contributed by atoms with E-state index in [1.807, 2.05) is 0 Å². The van der Waals surface area contributed by atoms with E-state index >= 15 is 0 Å². The summed E-state index contributed by atoms with van der Waals surface area (Å²) in [4.78, 5) is 5.22. The highest BCUT2D eigenvalue weighted by Gasteiger charge is 2.20. The number of aromatic nitrogens is 2. The van der Waals surface area contributed by atoms with Crippen LogP contribution in [0.4, 0.5) is 0 Å². The van der Waals surface area contributed by atoms with E-state index in [-0.39, 0.29) is 0 Å². The third-order valence-electron chi connectivity index (χ3n) is 7.51. The van der Waals surface area contributed by atoms with Gasteiger partial charge in [-0.05, 0) is 52.8 Å². The Balaban J connectivity index is 1.52. The summed E-state index contributed by atoms with van der Waals surface area (Å²) in [6.07, 6.45) is 0. The minimum Gasteiger partial charge on any atom is -0.291 e. The third-order valence-corrected chi connectivity index (χ3v) is 9.93. The van der Waals surface area contributed by atoms with Crippen molar-refractivity contribution in [3.8, 4) is 0 Å². The van der Waals surface area contributed by atoms with E-state index < -0.39 is 7.92 Å². The Bertz CT molecular complexity index is 2090. The van der Waals surface area contributed by atoms with Crippen LogP contribution in [-0.4, -0.2) is 9.38 Å². The van der Waals surface area contributed by atoms with E-state index in [1.54, 1.807) is 0 Å². The third kappa shape index (κ3) is 3.21. The molecule has 0 saturated carbocycles. The lowest BCUT2D eigenvalue weighted by atomic mass is 10.0. The molecule has 2 nitrogen and oxygen atoms in total. The van der Waals surface area contributed by atoms with Crippen LogP contribution in [0.5, 0.6) is 0 Å². The molecule has 3 heteroatoms. The molecule has 8 rings (SSSR count). The number of hydrogen-bond donors (Lipinski definition) is 0. The van der Waals surface area contributed by atoms with Crippen LogP contribution < -0.4 is 15.9 Å². The van der Waals surface area contributed by atoms with Gasteiger partial charge in [-0.1, -0.05) is 121 Å². The number of nitrogens with zero attached hydrogens (tertiary/aromatic N) is 2. The highest BCUT2D eigenvalue weighted by molar-refractivity contribution is 7.79. The maximum atomic E-state index is 5.22. The molecular formula is C35H23N2P. The zero-order valence-electron chi connectivity index (χ0n) is 20.6. The van der Waals surface area contributed by atoms with Crippen molar-refractivity contribution in [2.45, 2.75) is 0 Å². The Morgan fingerprint density at radius 2 is 1.13 bits per heavy atom. The van der Waals surface area contributed by atoms with Gasteiger partial charge in [-0.15, -0.1) is 0 Å². The first kappa shape index (κ1) is 21.6. The van der Waals surface area contributed by atoms with Gasteiger partial charge in [0.2, 0.25) is 0 Å². The van der Waals surface area contributed by atoms with Crippen molar-refractivity contribution < 1.29 is 0 Å². The Hall–Kier alpha value is -4.52. The average molecular weight is 503 g/mol. The minimum absolute atomic E-state index is 0.707. The van der Waals surface area contributed by atoms with E-state index in [0.717, 1.165) is 16.7 Å². The Morgan fingerprint density at radius 1 is 0.474 bits per heavy atom. The predicted octanol–water partition coefficient (Wildman–Crippen LogP) is 7.71. The lowest BCUT2D eigenvalue weighted by Crippen LogP contribution is -2.20. The van der Waals surface area contributed by atoms with Crippen molar-refractivity contribution in [2.24, 2.45) is 0 Å². The van der Waals surface area contributed by atoms with Crippen molar-refractivity contribution in [3.63, 3.8) is 0 Å². The van der Waals surface area contributed by atoms with Crippen LogP contribution in [0, 0.1) is 0 Å². The average Bonchev–Trinajstić information content (AvgIpc) is 3.38. The quantitative estimate of drug-likeness (QED) is 0.179. The topological polar surface area (TPSA) is 17.3 Å². The summed E-state index contributed by atoms with van der Waals surface area (Å²) in [7, 11) is -0.707. The molecule has 0 atom stereocenters. The van der Waals surface area contributed by atoms with E-state index in [4.69, 9.17) is 4.98 Å². The van der Waals surface area contributed by atoms with Gasteiger partial charge in [0.25, 0.3) is 0 Å². The molecule has 178 valence electrons. The van der Waals surface area contributed by atoms with Gasteiger partial charge in [-0.3, -0.25) is 4.40 Å². The molecule has 6 aromatic carbocycles. The number of benzene rings is 6. The molecule has 0 bridgehead atoms. The highest BCUT2D eigenvalue weighted by atomic mass is 31.1. The van der Waals surface area contributed by atoms with Crippen LogP contribution in [-0.2, 0) is 0 Å². The summed E-state index contributed by atoms with van der Waals surface area (Å²) in [5.41, 5.74) is 4.40. The molecular weight excluding hydrogens is 479 g/mol. The molecule has 0 fully saturated rings. The summed E-state index contributed by atoms with van der Waals surface area (Å²) < 4.78 is 2.38. The number of fused-ring (bicyclic) bond motifs is 10. The maximum Gasteiger partial charge on any atom is 0.146 e. The first-order valence-electron chi connectivity index (χ1n) is 12.9. The van der Waals surface area contributed by atoms with Crippen molar-refractivity contribution in [2.75, 3.05) is 0 Å². The number of pyridine rings is 1. The highest BCUT2D eigenvalue weighted by Crippen LogP contribution is 2.39. The second-order valence-electron chi connectivity index (χ2n) is 9.68. The molecule has 38 heavy (non-hydrogen) atoms. The van der Waals surface area contributed by atoms with Gasteiger partial charge in [0.05, 0.1) is 16.6 Å². The fraction of sp³-hybridized carbons (Fsp3) is 0. The molecule has 0 unspecified atom stereocenters. The molecule has 8 aromatic rings. The summed E-state index contributed by atoms with van der Waals surface area (Å²) in [6, 6.07) is 50.6. The summed E-state index contributed by atoms with van der Waals surface area (Å²) >= 11 is 0. The van der Waals surface area contributed by atoms with Crippen LogP contribution in [0.1, 0.15) is 0 Å². The van der Waals surface area contributed by atoms with Gasteiger partial charge in [0.15, 0.2) is 0 Å². The lowest BCUT2D eigenvalue weighted by Gasteiger charge is -2.20. The van der Waals surface area contributed by atoms with Crippen LogP contribution >= 0.6 is 7.92 Å². The molecule has 0 radical (unpaired) electrons. The molecule has 2 aromatic heterocycles. The van der Waals surface area contributed by atoms with Crippen LogP contribution in [0.25, 0.3) is 49.1 Å². The number of para-hydroxylation sites is 2. The fourth-order valence-corrected chi connectivity index (χ4v) is 8.16. The zero-order chi connectivity index (χ0) is 25.1. The smallest absolute Gasteiger partial charge is 0.146 e. The van der Waals surface area contributed by atoms with Gasteiger partial charge in [0.1, 0.15) is 5.65 Å². The van der Waals surface area contributed by atoms with Crippen LogP contribution in [0.15, 0.2) is 140 Å². The minimum atomic E-state index is -0.707. The molecule has 0 aliphatic heterocycles. The second kappa shape index (κ2) is 8.52. The van der Waals surface area contributed by atoms with Crippen molar-refractivity contribution in [3.05, 3.63) is 140 Å². The van der Waals surface area contributed by atoms with E-state index in [1.165, 1.54) is 48.4 Å². The standard InChI is InChI=1S/C35H23N2P/c1-3-12-25(13-4-1)38(26-14-5-2-6-15-26)27-20-22-29-30-21-19-24-11-7-8-16-28(24)34(30)37-33-18-10-9-17-32(33)36-35(37)31(29)23-27/h1-23H. The van der Waals surface area contributed by atoms with Gasteiger partial charge >= 0.3 is 0 Å². The SMILES string of the molecule is c1ccc(P(c2ccccc2)c2ccc3c(c2)c2nc4ccccc4n2c2c4ccccc4ccc32)cc1. The fourth-order valence-electron chi connectivity index (χ4n) is 5.84. The Kier molecular flexibility index (Phi) is 4.83. The second-order valence-corrected chi connectivity index (χ2v) is 11.9. The summed E-state index contributed by atoms with van der Waals surface area (Å²) in [5, 5.41) is 10.2. The Morgan fingerprint density at radius 3 is 1.92 bits per heavy atom. The summed E-state index contributed by atoms with van der Waals surface area (Å²) in [5.74, 6) is 0. The summed E-state index contributed by atoms with van der Waals surface area (Å²) in [6.45, 7) is 0. The zero-order valence-corrected chi connectivity index (χ0v) is 21.5. The van der Waals surface area contributed by atoms with Gasteiger partial charge in [-0.25, -0.2) is 4.98 Å². The van der Waals surface area contributed by atoms with E-state index in [0.29, 0.717) is 0 Å². The molecule has 0 spiro atoms. The number of hydrogen-bond acceptors (Lipinski definition) is 1. The van der Waals surface area contributed by atoms with Gasteiger partial charge in [0, 0.05) is 16.2 Å². The van der Waals surface area contributed by atoms with Gasteiger partial charge < -0.3 is 0 Å². The lowest BCUT2D eigenvalue weighted by molar-refractivity contribution is 1.32. The number of imidazole rings is 1.